The minimum absolute atomic E-state index is 0.105. The number of likely N-dealkylation sites (tertiary alicyclic amines) is 1. The Bertz CT molecular complexity index is 1230. The molecule has 0 unspecified atom stereocenters. The number of nitrogens with zero attached hydrogens (tertiary/aromatic N) is 4. The van der Waals surface area contributed by atoms with E-state index in [9.17, 15) is 18.0 Å². The predicted molar refractivity (Wildman–Crippen MR) is 137 cm³/mol. The maximum absolute atomic E-state index is 12.8. The van der Waals surface area contributed by atoms with Crippen molar-refractivity contribution in [3.8, 4) is 0 Å². The molecular formula is C26H30F3N5OS. The van der Waals surface area contributed by atoms with Crippen molar-refractivity contribution in [1.29, 1.82) is 0 Å². The van der Waals surface area contributed by atoms with Crippen LogP contribution in [0.1, 0.15) is 48.2 Å². The number of carbonyl (C=O) groups excluding carboxylic acids is 1. The van der Waals surface area contributed by atoms with E-state index in [1.54, 1.807) is 0 Å². The summed E-state index contributed by atoms with van der Waals surface area (Å²) in [5.41, 5.74) is 2.82. The summed E-state index contributed by atoms with van der Waals surface area (Å²) in [7, 11) is 0. The number of amides is 1. The number of aromatic nitrogens is 2. The first-order chi connectivity index (χ1) is 17.3. The Morgan fingerprint density at radius 2 is 1.86 bits per heavy atom. The topological polar surface area (TPSA) is 61.4 Å². The number of aryl methyl sites for hydroxylation is 2. The number of fused-ring (bicyclic) bond motifs is 1. The first-order valence-electron chi connectivity index (χ1n) is 12.5. The fourth-order valence-electron chi connectivity index (χ4n) is 5.16. The van der Waals surface area contributed by atoms with Crippen molar-refractivity contribution in [1.82, 2.24) is 14.9 Å². The number of rotatable bonds is 6. The lowest BCUT2D eigenvalue weighted by Crippen LogP contribution is -2.44. The molecule has 2 saturated heterocycles. The van der Waals surface area contributed by atoms with Crippen LogP contribution in [0.25, 0.3) is 10.9 Å². The summed E-state index contributed by atoms with van der Waals surface area (Å²) >= 11 is 0.656. The van der Waals surface area contributed by atoms with E-state index in [4.69, 9.17) is 9.97 Å². The number of anilines is 2. The third-order valence-corrected chi connectivity index (χ3v) is 8.16. The van der Waals surface area contributed by atoms with Crippen molar-refractivity contribution < 1.29 is 18.0 Å². The van der Waals surface area contributed by atoms with Crippen LogP contribution in [0.4, 0.5) is 24.8 Å². The van der Waals surface area contributed by atoms with Crippen LogP contribution in [-0.2, 0) is 17.4 Å². The molecule has 0 radical (unpaired) electrons. The average molecular weight is 518 g/mol. The standard InChI is InChI=1S/C26H30F3N5OS/c1-17-21-15-19(31-24(35)7-4-18-14-23(36-16-18)26(27,28)29)5-6-22(21)32-25(30-17)34-12-8-20(9-13-34)33-10-2-3-11-33/h5-6,14-16,20H,2-4,7-13H2,1H3,(H,31,35). The van der Waals surface area contributed by atoms with E-state index < -0.39 is 11.1 Å². The second-order valence-corrected chi connectivity index (χ2v) is 10.6. The van der Waals surface area contributed by atoms with E-state index in [0.29, 0.717) is 28.6 Å². The van der Waals surface area contributed by atoms with Crippen LogP contribution in [0, 0.1) is 6.92 Å². The zero-order valence-electron chi connectivity index (χ0n) is 20.3. The summed E-state index contributed by atoms with van der Waals surface area (Å²) in [6, 6.07) is 7.33. The van der Waals surface area contributed by atoms with Crippen molar-refractivity contribution in [2.45, 2.75) is 57.7 Å². The lowest BCUT2D eigenvalue weighted by Gasteiger charge is -2.36. The average Bonchev–Trinajstić information content (AvgIpc) is 3.56. The number of hydrogen-bond donors (Lipinski definition) is 1. The van der Waals surface area contributed by atoms with Gasteiger partial charge in [0.15, 0.2) is 0 Å². The first kappa shape index (κ1) is 25.0. The van der Waals surface area contributed by atoms with Gasteiger partial charge in [-0.3, -0.25) is 4.79 Å². The lowest BCUT2D eigenvalue weighted by molar-refractivity contribution is -0.134. The van der Waals surface area contributed by atoms with Crippen molar-refractivity contribution in [2.24, 2.45) is 0 Å². The molecule has 1 amide bonds. The zero-order chi connectivity index (χ0) is 25.3. The molecule has 1 N–H and O–H groups in total. The van der Waals surface area contributed by atoms with Crippen LogP contribution < -0.4 is 10.2 Å². The van der Waals surface area contributed by atoms with Gasteiger partial charge in [0.05, 0.1) is 11.2 Å². The summed E-state index contributed by atoms with van der Waals surface area (Å²) in [4.78, 5) is 26.2. The highest BCUT2D eigenvalue weighted by Crippen LogP contribution is 2.34. The molecule has 2 fully saturated rings. The molecule has 10 heteroatoms. The number of hydrogen-bond acceptors (Lipinski definition) is 6. The molecule has 2 aromatic heterocycles. The minimum atomic E-state index is -4.35. The quantitative estimate of drug-likeness (QED) is 0.458. The summed E-state index contributed by atoms with van der Waals surface area (Å²) in [6.45, 7) is 6.30. The number of benzene rings is 1. The Balaban J connectivity index is 1.20. The SMILES string of the molecule is Cc1nc(N2CCC(N3CCCC3)CC2)nc2ccc(NC(=O)CCc3csc(C(F)(F)F)c3)cc12. The number of alkyl halides is 3. The van der Waals surface area contributed by atoms with Crippen LogP contribution in [0.5, 0.6) is 0 Å². The highest BCUT2D eigenvalue weighted by Gasteiger charge is 2.32. The van der Waals surface area contributed by atoms with Crippen molar-refractivity contribution in [3.63, 3.8) is 0 Å². The fraction of sp³-hybridized carbons (Fsp3) is 0.500. The van der Waals surface area contributed by atoms with Gasteiger partial charge in [0.1, 0.15) is 4.88 Å². The molecule has 1 aromatic carbocycles. The number of thiophene rings is 1. The molecule has 6 nitrogen and oxygen atoms in total. The smallest absolute Gasteiger partial charge is 0.341 e. The van der Waals surface area contributed by atoms with Gasteiger partial charge in [-0.1, -0.05) is 0 Å². The summed E-state index contributed by atoms with van der Waals surface area (Å²) in [5, 5.41) is 5.18. The number of carbonyl (C=O) groups is 1. The molecule has 36 heavy (non-hydrogen) atoms. The minimum Gasteiger partial charge on any atom is -0.341 e. The van der Waals surface area contributed by atoms with Crippen molar-refractivity contribution in [2.75, 3.05) is 36.4 Å². The molecule has 0 spiro atoms. The molecule has 0 bridgehead atoms. The zero-order valence-corrected chi connectivity index (χ0v) is 21.1. The molecular weight excluding hydrogens is 487 g/mol. The van der Waals surface area contributed by atoms with Gasteiger partial charge in [-0.15, -0.1) is 11.3 Å². The molecule has 5 rings (SSSR count). The largest absolute Gasteiger partial charge is 0.425 e. The molecule has 0 aliphatic carbocycles. The van der Waals surface area contributed by atoms with Gasteiger partial charge in [0, 0.05) is 36.6 Å². The molecule has 0 atom stereocenters. The predicted octanol–water partition coefficient (Wildman–Crippen LogP) is 5.65. The number of halogens is 3. The maximum Gasteiger partial charge on any atom is 0.425 e. The molecule has 3 aromatic rings. The van der Waals surface area contributed by atoms with E-state index in [1.807, 2.05) is 25.1 Å². The van der Waals surface area contributed by atoms with Gasteiger partial charge in [-0.05, 0) is 87.3 Å². The fourth-order valence-corrected chi connectivity index (χ4v) is 5.98. The van der Waals surface area contributed by atoms with E-state index in [1.165, 1.54) is 31.3 Å². The van der Waals surface area contributed by atoms with E-state index in [-0.39, 0.29) is 18.7 Å². The molecule has 0 saturated carbocycles. The summed E-state index contributed by atoms with van der Waals surface area (Å²) in [5.74, 6) is 0.510. The molecule has 2 aliphatic rings. The first-order valence-corrected chi connectivity index (χ1v) is 13.4. The highest BCUT2D eigenvalue weighted by atomic mass is 32.1. The number of piperidine rings is 1. The Morgan fingerprint density at radius 1 is 1.11 bits per heavy atom. The van der Waals surface area contributed by atoms with Crippen molar-refractivity contribution >= 4 is 39.8 Å². The Morgan fingerprint density at radius 3 is 2.56 bits per heavy atom. The number of nitrogens with one attached hydrogen (secondary N) is 1. The second-order valence-electron chi connectivity index (χ2n) is 9.67. The third-order valence-electron chi connectivity index (χ3n) is 7.14. The van der Waals surface area contributed by atoms with Gasteiger partial charge in [-0.25, -0.2) is 9.97 Å². The highest BCUT2D eigenvalue weighted by molar-refractivity contribution is 7.10. The van der Waals surface area contributed by atoms with Gasteiger partial charge in [0.25, 0.3) is 0 Å². The normalized spacial score (nSPS) is 17.7. The van der Waals surface area contributed by atoms with Gasteiger partial charge < -0.3 is 15.1 Å². The van der Waals surface area contributed by atoms with Crippen LogP contribution in [0.2, 0.25) is 0 Å². The Kier molecular flexibility index (Phi) is 7.16. The Hall–Kier alpha value is -2.72. The summed E-state index contributed by atoms with van der Waals surface area (Å²) in [6.07, 6.45) is 0.905. The maximum atomic E-state index is 12.8. The molecule has 2 aliphatic heterocycles. The van der Waals surface area contributed by atoms with Gasteiger partial charge >= 0.3 is 6.18 Å². The monoisotopic (exact) mass is 517 g/mol. The van der Waals surface area contributed by atoms with Crippen LogP contribution in [0.15, 0.2) is 29.6 Å². The van der Waals surface area contributed by atoms with E-state index in [0.717, 1.165) is 54.5 Å². The molecule has 4 heterocycles. The van der Waals surface area contributed by atoms with Crippen LogP contribution in [0.3, 0.4) is 0 Å². The third kappa shape index (κ3) is 5.64. The van der Waals surface area contributed by atoms with Crippen molar-refractivity contribution in [3.05, 3.63) is 45.8 Å². The van der Waals surface area contributed by atoms with Gasteiger partial charge in [-0.2, -0.15) is 13.2 Å². The van der Waals surface area contributed by atoms with Gasteiger partial charge in [0.2, 0.25) is 11.9 Å². The molecule has 192 valence electrons. The Labute approximate surface area is 212 Å². The van der Waals surface area contributed by atoms with Crippen LogP contribution >= 0.6 is 11.3 Å². The lowest BCUT2D eigenvalue weighted by atomic mass is 10.0. The summed E-state index contributed by atoms with van der Waals surface area (Å²) < 4.78 is 38.3. The van der Waals surface area contributed by atoms with E-state index in [2.05, 4.69) is 15.1 Å². The van der Waals surface area contributed by atoms with E-state index >= 15 is 0 Å². The second kappa shape index (κ2) is 10.3. The van der Waals surface area contributed by atoms with Crippen LogP contribution in [-0.4, -0.2) is 53.0 Å².